The van der Waals surface area contributed by atoms with Crippen molar-refractivity contribution in [2.45, 2.75) is 44.9 Å². The van der Waals surface area contributed by atoms with Crippen molar-refractivity contribution in [1.82, 2.24) is 14.9 Å². The van der Waals surface area contributed by atoms with Crippen LogP contribution in [-0.2, 0) is 10.2 Å². The Labute approximate surface area is 200 Å². The second-order valence-corrected chi connectivity index (χ2v) is 9.94. The molecule has 0 bridgehead atoms. The molecule has 2 saturated heterocycles. The fourth-order valence-electron chi connectivity index (χ4n) is 4.99. The summed E-state index contributed by atoms with van der Waals surface area (Å²) < 4.78 is 5.41. The molecule has 1 amide bonds. The Balaban J connectivity index is 1.32. The number of aryl methyl sites for hydroxylation is 2. The van der Waals surface area contributed by atoms with Crippen molar-refractivity contribution in [3.63, 3.8) is 0 Å². The Kier molecular flexibility index (Phi) is 5.75. The second-order valence-electron chi connectivity index (χ2n) is 9.94. The van der Waals surface area contributed by atoms with Crippen molar-refractivity contribution >= 4 is 5.91 Å². The molecule has 6 heteroatoms. The zero-order valence-corrected chi connectivity index (χ0v) is 20.0. The largest absolute Gasteiger partial charge is 0.379 e. The summed E-state index contributed by atoms with van der Waals surface area (Å²) in [5.41, 5.74) is 6.60. The van der Waals surface area contributed by atoms with Gasteiger partial charge in [0.05, 0.1) is 36.0 Å². The lowest BCUT2D eigenvalue weighted by Gasteiger charge is -2.36. The minimum atomic E-state index is -0.0659. The quantitative estimate of drug-likeness (QED) is 0.610. The van der Waals surface area contributed by atoms with Crippen molar-refractivity contribution in [3.8, 4) is 17.3 Å². The molecule has 0 aliphatic carbocycles. The highest BCUT2D eigenvalue weighted by Gasteiger charge is 2.38. The maximum absolute atomic E-state index is 13.4. The number of carbonyl (C=O) groups excluding carboxylic acids is 1. The van der Waals surface area contributed by atoms with E-state index < -0.39 is 0 Å². The van der Waals surface area contributed by atoms with Crippen LogP contribution in [0.5, 0.6) is 0 Å². The van der Waals surface area contributed by atoms with Gasteiger partial charge in [0, 0.05) is 29.9 Å². The number of aromatic nitrogens is 2. The average Bonchev–Trinajstić information content (AvgIpc) is 3.24. The average molecular weight is 455 g/mol. The van der Waals surface area contributed by atoms with Crippen LogP contribution in [0, 0.1) is 25.2 Å². The molecule has 5 rings (SSSR count). The molecular weight excluding hydrogens is 424 g/mol. The Hall–Kier alpha value is -3.43. The van der Waals surface area contributed by atoms with Gasteiger partial charge in [0.15, 0.2) is 0 Å². The summed E-state index contributed by atoms with van der Waals surface area (Å²) >= 11 is 0. The number of aromatic amines is 1. The summed E-state index contributed by atoms with van der Waals surface area (Å²) in [5, 5.41) is 9.01. The molecule has 1 N–H and O–H groups in total. The van der Waals surface area contributed by atoms with Gasteiger partial charge < -0.3 is 14.6 Å². The monoisotopic (exact) mass is 454 g/mol. The van der Waals surface area contributed by atoms with E-state index in [1.54, 1.807) is 0 Å². The van der Waals surface area contributed by atoms with Crippen molar-refractivity contribution < 1.29 is 9.53 Å². The molecule has 6 nitrogen and oxygen atoms in total. The van der Waals surface area contributed by atoms with Crippen molar-refractivity contribution in [1.29, 1.82) is 5.26 Å². The molecule has 0 spiro atoms. The Morgan fingerprint density at radius 2 is 1.85 bits per heavy atom. The number of imidazole rings is 1. The first kappa shape index (κ1) is 22.4. The number of H-pyrrole nitrogens is 1. The molecule has 0 atom stereocenters. The second kappa shape index (κ2) is 8.73. The van der Waals surface area contributed by atoms with Gasteiger partial charge in [0.25, 0.3) is 5.91 Å². The molecule has 2 fully saturated rings. The fourth-order valence-corrected chi connectivity index (χ4v) is 4.99. The van der Waals surface area contributed by atoms with E-state index in [0.717, 1.165) is 54.3 Å². The third kappa shape index (κ3) is 4.01. The summed E-state index contributed by atoms with van der Waals surface area (Å²) in [5.74, 6) is 1.45. The fraction of sp³-hybridized carbons (Fsp3) is 0.393. The number of amides is 1. The van der Waals surface area contributed by atoms with Crippen LogP contribution >= 0.6 is 0 Å². The number of carbonyl (C=O) groups is 1. The Bertz CT molecular complexity index is 1260. The summed E-state index contributed by atoms with van der Waals surface area (Å²) in [4.78, 5) is 23.7. The standard InChI is InChI=1S/C28H30N4O2/c1-18-4-7-23(14-24(18)25-19(2)30-27(31-25)28(3)16-34-17-28)26(33)32-12-10-22(11-13-32)21-8-5-20(15-29)6-9-21/h4-9,14,22H,10-13,16-17H2,1-3H3,(H,30,31). The Morgan fingerprint density at radius 3 is 2.47 bits per heavy atom. The highest BCUT2D eigenvalue weighted by Crippen LogP contribution is 2.34. The minimum absolute atomic E-state index is 0.0659. The number of nitrogens with one attached hydrogen (secondary N) is 1. The van der Waals surface area contributed by atoms with Gasteiger partial charge in [0.1, 0.15) is 5.82 Å². The summed E-state index contributed by atoms with van der Waals surface area (Å²) in [6.07, 6.45) is 1.86. The van der Waals surface area contributed by atoms with Crippen LogP contribution in [0.25, 0.3) is 11.3 Å². The number of rotatable bonds is 4. The van der Waals surface area contributed by atoms with E-state index in [9.17, 15) is 4.79 Å². The third-order valence-electron chi connectivity index (χ3n) is 7.33. The summed E-state index contributed by atoms with van der Waals surface area (Å²) in [7, 11) is 0. The van der Waals surface area contributed by atoms with E-state index >= 15 is 0 Å². The first-order valence-corrected chi connectivity index (χ1v) is 11.9. The van der Waals surface area contributed by atoms with Gasteiger partial charge in [-0.3, -0.25) is 4.79 Å². The molecule has 2 aliphatic heterocycles. The van der Waals surface area contributed by atoms with Crippen LogP contribution in [0.15, 0.2) is 42.5 Å². The number of nitrogens with zero attached hydrogens (tertiary/aromatic N) is 3. The molecular formula is C28H30N4O2. The number of nitriles is 1. The van der Waals surface area contributed by atoms with Gasteiger partial charge >= 0.3 is 0 Å². The number of ether oxygens (including phenoxy) is 1. The van der Waals surface area contributed by atoms with Crippen LogP contribution in [0.2, 0.25) is 0 Å². The number of benzene rings is 2. The van der Waals surface area contributed by atoms with Crippen LogP contribution in [-0.4, -0.2) is 47.1 Å². The smallest absolute Gasteiger partial charge is 0.253 e. The third-order valence-corrected chi connectivity index (χ3v) is 7.33. The number of hydrogen-bond donors (Lipinski definition) is 1. The highest BCUT2D eigenvalue weighted by molar-refractivity contribution is 5.95. The molecule has 34 heavy (non-hydrogen) atoms. The van der Waals surface area contributed by atoms with Gasteiger partial charge in [0.2, 0.25) is 0 Å². The molecule has 3 heterocycles. The predicted octanol–water partition coefficient (Wildman–Crippen LogP) is 4.87. The van der Waals surface area contributed by atoms with E-state index in [0.29, 0.717) is 30.3 Å². The molecule has 3 aromatic rings. The SMILES string of the molecule is Cc1ccc(C(=O)N2CCC(c3ccc(C#N)cc3)CC2)cc1-c1nc(C2(C)COC2)[nH]c1C. The van der Waals surface area contributed by atoms with Crippen molar-refractivity contribution in [3.05, 3.63) is 76.2 Å². The van der Waals surface area contributed by atoms with Crippen LogP contribution in [0.3, 0.4) is 0 Å². The van der Waals surface area contributed by atoms with Crippen molar-refractivity contribution in [2.24, 2.45) is 0 Å². The molecule has 0 saturated carbocycles. The van der Waals surface area contributed by atoms with Crippen molar-refractivity contribution in [2.75, 3.05) is 26.3 Å². The predicted molar refractivity (Wildman–Crippen MR) is 131 cm³/mol. The summed E-state index contributed by atoms with van der Waals surface area (Å²) in [6.45, 7) is 9.08. The molecule has 0 radical (unpaired) electrons. The topological polar surface area (TPSA) is 82.0 Å². The van der Waals surface area contributed by atoms with E-state index in [1.165, 1.54) is 5.56 Å². The lowest BCUT2D eigenvalue weighted by atomic mass is 9.88. The Morgan fingerprint density at radius 1 is 1.15 bits per heavy atom. The van der Waals surface area contributed by atoms with Crippen LogP contribution in [0.4, 0.5) is 0 Å². The zero-order chi connectivity index (χ0) is 23.9. The molecule has 174 valence electrons. The molecule has 2 aromatic carbocycles. The van der Waals surface area contributed by atoms with Crippen LogP contribution < -0.4 is 0 Å². The van der Waals surface area contributed by atoms with E-state index in [4.69, 9.17) is 15.0 Å². The van der Waals surface area contributed by atoms with Gasteiger partial charge in [-0.2, -0.15) is 5.26 Å². The van der Waals surface area contributed by atoms with Gasteiger partial charge in [-0.25, -0.2) is 4.98 Å². The van der Waals surface area contributed by atoms with Gasteiger partial charge in [-0.1, -0.05) is 18.2 Å². The normalized spacial score (nSPS) is 17.8. The van der Waals surface area contributed by atoms with E-state index in [-0.39, 0.29) is 11.3 Å². The first-order chi connectivity index (χ1) is 16.4. The van der Waals surface area contributed by atoms with Gasteiger partial charge in [-0.15, -0.1) is 0 Å². The number of hydrogen-bond acceptors (Lipinski definition) is 4. The molecule has 2 aliphatic rings. The van der Waals surface area contributed by atoms with E-state index in [2.05, 4.69) is 24.9 Å². The van der Waals surface area contributed by atoms with E-state index in [1.807, 2.05) is 54.3 Å². The lowest BCUT2D eigenvalue weighted by Crippen LogP contribution is -2.44. The lowest BCUT2D eigenvalue weighted by molar-refractivity contribution is -0.0539. The molecule has 1 aromatic heterocycles. The highest BCUT2D eigenvalue weighted by atomic mass is 16.5. The zero-order valence-electron chi connectivity index (χ0n) is 20.0. The number of likely N-dealkylation sites (tertiary alicyclic amines) is 1. The molecule has 0 unspecified atom stereocenters. The minimum Gasteiger partial charge on any atom is -0.379 e. The summed E-state index contributed by atoms with van der Waals surface area (Å²) in [6, 6.07) is 16.0. The maximum Gasteiger partial charge on any atom is 0.253 e. The first-order valence-electron chi connectivity index (χ1n) is 11.9. The maximum atomic E-state index is 13.4. The van der Waals surface area contributed by atoms with Crippen LogP contribution in [0.1, 0.15) is 64.2 Å². The van der Waals surface area contributed by atoms with Gasteiger partial charge in [-0.05, 0) is 74.9 Å². The number of piperidine rings is 1.